The van der Waals surface area contributed by atoms with Gasteiger partial charge in [-0.25, -0.2) is 0 Å². The van der Waals surface area contributed by atoms with Gasteiger partial charge in [-0.15, -0.1) is 0 Å². The first-order valence-corrected chi connectivity index (χ1v) is 4.90. The molecule has 0 saturated heterocycles. The Kier molecular flexibility index (Phi) is 1.60. The summed E-state index contributed by atoms with van der Waals surface area (Å²) in [6.45, 7) is 1.92. The van der Waals surface area contributed by atoms with Gasteiger partial charge in [0.1, 0.15) is 0 Å². The second-order valence-corrected chi connectivity index (χ2v) is 3.58. The smallest absolute Gasteiger partial charge is 0.0880 e. The molecule has 1 N–H and O–H groups in total. The fourth-order valence-electron chi connectivity index (χ4n) is 2.00. The molecule has 70 valence electrons. The van der Waals surface area contributed by atoms with Gasteiger partial charge in [0, 0.05) is 23.5 Å². The summed E-state index contributed by atoms with van der Waals surface area (Å²) in [6, 6.07) is 8.45. The molecule has 0 unspecified atom stereocenters. The number of hydrogen-bond acceptors (Lipinski definition) is 2. The second-order valence-electron chi connectivity index (χ2n) is 3.58. The highest BCUT2D eigenvalue weighted by molar-refractivity contribution is 5.79. The summed E-state index contributed by atoms with van der Waals surface area (Å²) in [6.07, 6.45) is 6.50. The first-order valence-electron chi connectivity index (χ1n) is 4.90. The maximum Gasteiger partial charge on any atom is 0.0880 e. The van der Waals surface area contributed by atoms with Gasteiger partial charge in [0.2, 0.25) is 0 Å². The Morgan fingerprint density at radius 1 is 1.21 bits per heavy atom. The molecule has 2 aliphatic rings. The Balaban J connectivity index is 2.15. The summed E-state index contributed by atoms with van der Waals surface area (Å²) >= 11 is 0. The average Bonchev–Trinajstić information content (AvgIpc) is 2.29. The van der Waals surface area contributed by atoms with Crippen LogP contribution in [0.5, 0.6) is 0 Å². The maximum absolute atomic E-state index is 3.41. The van der Waals surface area contributed by atoms with E-state index in [0.29, 0.717) is 0 Å². The fourth-order valence-corrected chi connectivity index (χ4v) is 2.00. The summed E-state index contributed by atoms with van der Waals surface area (Å²) < 4.78 is 0. The van der Waals surface area contributed by atoms with Crippen LogP contribution in [0.4, 0.5) is 5.69 Å². The number of benzene rings is 1. The van der Waals surface area contributed by atoms with Crippen LogP contribution in [0.3, 0.4) is 0 Å². The number of para-hydroxylation sites is 1. The van der Waals surface area contributed by atoms with E-state index in [1.54, 1.807) is 0 Å². The van der Waals surface area contributed by atoms with Gasteiger partial charge < -0.3 is 10.2 Å². The van der Waals surface area contributed by atoms with Crippen LogP contribution in [0, 0.1) is 0 Å². The number of allylic oxidation sites excluding steroid dienone is 2. The number of fused-ring (bicyclic) bond motifs is 3. The van der Waals surface area contributed by atoms with E-state index < -0.39 is 0 Å². The van der Waals surface area contributed by atoms with Crippen molar-refractivity contribution < 1.29 is 0 Å². The van der Waals surface area contributed by atoms with Crippen molar-refractivity contribution in [2.24, 2.45) is 0 Å². The molecule has 2 nitrogen and oxygen atoms in total. The lowest BCUT2D eigenvalue weighted by Gasteiger charge is -2.34. The first kappa shape index (κ1) is 7.68. The minimum absolute atomic E-state index is 0.910. The molecule has 0 fully saturated rings. The molecule has 0 amide bonds. The number of hydrogen-bond donors (Lipinski definition) is 1. The van der Waals surface area contributed by atoms with Crippen LogP contribution in [0.25, 0.3) is 5.70 Å². The highest BCUT2D eigenvalue weighted by Crippen LogP contribution is 2.31. The van der Waals surface area contributed by atoms with Crippen LogP contribution in [-0.4, -0.2) is 18.1 Å². The summed E-state index contributed by atoms with van der Waals surface area (Å²) in [5.74, 6) is 0. The largest absolute Gasteiger partial charge is 0.367 e. The van der Waals surface area contributed by atoms with Crippen LogP contribution in [0.15, 0.2) is 42.5 Å². The summed E-state index contributed by atoms with van der Waals surface area (Å²) in [4.78, 5) is 2.34. The van der Waals surface area contributed by atoms with Gasteiger partial charge in [-0.2, -0.15) is 0 Å². The lowest BCUT2D eigenvalue weighted by molar-refractivity contribution is 0.458. The molecule has 3 rings (SSSR count). The summed E-state index contributed by atoms with van der Waals surface area (Å²) in [5, 5.41) is 3.41. The van der Waals surface area contributed by atoms with Crippen LogP contribution < -0.4 is 5.32 Å². The van der Waals surface area contributed by atoms with E-state index in [1.807, 2.05) is 0 Å². The summed E-state index contributed by atoms with van der Waals surface area (Å²) in [5.41, 5.74) is 3.88. The van der Waals surface area contributed by atoms with Gasteiger partial charge in [-0.3, -0.25) is 0 Å². The SMILES string of the molecule is C1=CCN2CNc3ccccc3C2=C1. The Morgan fingerprint density at radius 2 is 2.14 bits per heavy atom. The molecule has 0 spiro atoms. The predicted molar refractivity (Wildman–Crippen MR) is 58.8 cm³/mol. The molecule has 2 heteroatoms. The number of anilines is 1. The van der Waals surface area contributed by atoms with Gasteiger partial charge >= 0.3 is 0 Å². The maximum atomic E-state index is 3.41. The van der Waals surface area contributed by atoms with Gasteiger partial charge in [-0.05, 0) is 12.1 Å². The molecule has 14 heavy (non-hydrogen) atoms. The molecule has 0 bridgehead atoms. The molecule has 0 saturated carbocycles. The van der Waals surface area contributed by atoms with E-state index in [9.17, 15) is 0 Å². The van der Waals surface area contributed by atoms with Gasteiger partial charge in [-0.1, -0.05) is 30.4 Å². The van der Waals surface area contributed by atoms with Gasteiger partial charge in [0.15, 0.2) is 0 Å². The zero-order valence-corrected chi connectivity index (χ0v) is 7.90. The average molecular weight is 184 g/mol. The Hall–Kier alpha value is -1.70. The molecule has 0 aromatic heterocycles. The number of nitrogens with one attached hydrogen (secondary N) is 1. The van der Waals surface area contributed by atoms with Crippen molar-refractivity contribution in [2.75, 3.05) is 18.5 Å². The molecular weight excluding hydrogens is 172 g/mol. The monoisotopic (exact) mass is 184 g/mol. The van der Waals surface area contributed by atoms with E-state index in [4.69, 9.17) is 0 Å². The Labute approximate surface area is 83.5 Å². The molecule has 1 aromatic rings. The van der Waals surface area contributed by atoms with Gasteiger partial charge in [0.05, 0.1) is 6.67 Å². The topological polar surface area (TPSA) is 15.3 Å². The second kappa shape index (κ2) is 2.91. The van der Waals surface area contributed by atoms with Crippen LogP contribution >= 0.6 is 0 Å². The third-order valence-corrected chi connectivity index (χ3v) is 2.72. The van der Waals surface area contributed by atoms with Crippen molar-refractivity contribution in [3.8, 4) is 0 Å². The molecule has 0 radical (unpaired) electrons. The Bertz CT molecular complexity index is 418. The normalized spacial score (nSPS) is 18.0. The van der Waals surface area contributed by atoms with Crippen molar-refractivity contribution >= 4 is 11.4 Å². The van der Waals surface area contributed by atoms with Crippen molar-refractivity contribution in [1.29, 1.82) is 0 Å². The summed E-state index contributed by atoms with van der Waals surface area (Å²) in [7, 11) is 0. The highest BCUT2D eigenvalue weighted by atomic mass is 15.2. The van der Waals surface area contributed by atoms with E-state index in [-0.39, 0.29) is 0 Å². The lowest BCUT2D eigenvalue weighted by atomic mass is 10.0. The molecule has 2 aliphatic heterocycles. The minimum atomic E-state index is 0.910. The first-order chi connectivity index (χ1) is 6.95. The number of rotatable bonds is 0. The van der Waals surface area contributed by atoms with Crippen LogP contribution in [0.1, 0.15) is 5.56 Å². The molecule has 1 aromatic carbocycles. The van der Waals surface area contributed by atoms with E-state index in [2.05, 4.69) is 52.7 Å². The minimum Gasteiger partial charge on any atom is -0.367 e. The third kappa shape index (κ3) is 1.04. The van der Waals surface area contributed by atoms with Crippen LogP contribution in [-0.2, 0) is 0 Å². The molecule has 0 atom stereocenters. The van der Waals surface area contributed by atoms with Crippen molar-refractivity contribution in [3.63, 3.8) is 0 Å². The van der Waals surface area contributed by atoms with Crippen molar-refractivity contribution in [3.05, 3.63) is 48.1 Å². The van der Waals surface area contributed by atoms with Crippen LogP contribution in [0.2, 0.25) is 0 Å². The van der Waals surface area contributed by atoms with E-state index >= 15 is 0 Å². The molecular formula is C12H12N2. The fraction of sp³-hybridized carbons (Fsp3) is 0.167. The zero-order valence-electron chi connectivity index (χ0n) is 7.90. The lowest BCUT2D eigenvalue weighted by Crippen LogP contribution is -2.33. The third-order valence-electron chi connectivity index (χ3n) is 2.72. The molecule has 0 aliphatic carbocycles. The standard InChI is InChI=1S/C12H12N2/c1-2-6-11-10(5-1)12-7-3-4-8-14(12)9-13-11/h1-7,13H,8-9H2. The van der Waals surface area contributed by atoms with Crippen molar-refractivity contribution in [1.82, 2.24) is 4.90 Å². The predicted octanol–water partition coefficient (Wildman–Crippen LogP) is 2.28. The quantitative estimate of drug-likeness (QED) is 0.665. The van der Waals surface area contributed by atoms with E-state index in [1.165, 1.54) is 16.9 Å². The highest BCUT2D eigenvalue weighted by Gasteiger charge is 2.19. The van der Waals surface area contributed by atoms with Crippen molar-refractivity contribution in [2.45, 2.75) is 0 Å². The number of nitrogens with zero attached hydrogens (tertiary/aromatic N) is 1. The van der Waals surface area contributed by atoms with E-state index in [0.717, 1.165) is 13.2 Å². The Morgan fingerprint density at radius 3 is 3.14 bits per heavy atom. The molecule has 2 heterocycles. The van der Waals surface area contributed by atoms with Gasteiger partial charge in [0.25, 0.3) is 0 Å². The zero-order chi connectivity index (χ0) is 9.38.